The SMILES string of the molecule is CCC=CCC=CC=CC(CCCCCCC(=O)O)OC. The molecule has 21 heavy (non-hydrogen) atoms. The van der Waals surface area contributed by atoms with Gasteiger partial charge < -0.3 is 9.84 Å². The van der Waals surface area contributed by atoms with Crippen molar-refractivity contribution in [2.45, 2.75) is 64.4 Å². The third kappa shape index (κ3) is 14.9. The topological polar surface area (TPSA) is 46.5 Å². The maximum Gasteiger partial charge on any atom is 0.303 e. The van der Waals surface area contributed by atoms with Crippen molar-refractivity contribution in [1.29, 1.82) is 0 Å². The van der Waals surface area contributed by atoms with Gasteiger partial charge in [0.2, 0.25) is 0 Å². The summed E-state index contributed by atoms with van der Waals surface area (Å²) in [6.07, 6.45) is 20.0. The summed E-state index contributed by atoms with van der Waals surface area (Å²) in [5.41, 5.74) is 0. The lowest BCUT2D eigenvalue weighted by molar-refractivity contribution is -0.137. The van der Waals surface area contributed by atoms with Gasteiger partial charge in [-0.25, -0.2) is 0 Å². The average molecular weight is 294 g/mol. The number of carbonyl (C=O) groups is 1. The summed E-state index contributed by atoms with van der Waals surface area (Å²) in [7, 11) is 1.73. The van der Waals surface area contributed by atoms with Gasteiger partial charge in [0.15, 0.2) is 0 Å². The van der Waals surface area contributed by atoms with Gasteiger partial charge >= 0.3 is 5.97 Å². The lowest BCUT2D eigenvalue weighted by Gasteiger charge is -2.09. The second-order valence-electron chi connectivity index (χ2n) is 5.05. The van der Waals surface area contributed by atoms with Crippen molar-refractivity contribution in [2.24, 2.45) is 0 Å². The standard InChI is InChI=1S/C18H30O3/c1-3-4-5-6-7-8-11-14-17(21-2)15-12-9-10-13-16-18(19)20/h4-5,7-8,11,14,17H,3,6,9-10,12-13,15-16H2,1-2H3,(H,19,20). The summed E-state index contributed by atoms with van der Waals surface area (Å²) in [6.45, 7) is 2.13. The van der Waals surface area contributed by atoms with Crippen LogP contribution < -0.4 is 0 Å². The molecule has 0 aromatic heterocycles. The molecule has 0 fully saturated rings. The molecule has 0 aliphatic carbocycles. The minimum atomic E-state index is -0.701. The zero-order valence-corrected chi connectivity index (χ0v) is 13.5. The zero-order valence-electron chi connectivity index (χ0n) is 13.5. The van der Waals surface area contributed by atoms with Crippen molar-refractivity contribution in [3.05, 3.63) is 36.5 Å². The van der Waals surface area contributed by atoms with Crippen LogP contribution in [0.4, 0.5) is 0 Å². The maximum absolute atomic E-state index is 10.4. The molecule has 3 nitrogen and oxygen atoms in total. The van der Waals surface area contributed by atoms with Crippen LogP contribution in [-0.4, -0.2) is 24.3 Å². The summed E-state index contributed by atoms with van der Waals surface area (Å²) in [4.78, 5) is 10.4. The Bertz CT molecular complexity index is 329. The van der Waals surface area contributed by atoms with Crippen molar-refractivity contribution in [1.82, 2.24) is 0 Å². The number of hydrogen-bond donors (Lipinski definition) is 1. The molecule has 0 saturated carbocycles. The van der Waals surface area contributed by atoms with Gasteiger partial charge in [0, 0.05) is 13.5 Å². The van der Waals surface area contributed by atoms with Crippen LogP contribution in [0.2, 0.25) is 0 Å². The van der Waals surface area contributed by atoms with Crippen molar-refractivity contribution in [2.75, 3.05) is 7.11 Å². The Kier molecular flexibility index (Phi) is 14.1. The normalized spacial score (nSPS) is 13.6. The van der Waals surface area contributed by atoms with Crippen LogP contribution in [-0.2, 0) is 9.53 Å². The van der Waals surface area contributed by atoms with Crippen LogP contribution in [0.1, 0.15) is 58.3 Å². The monoisotopic (exact) mass is 294 g/mol. The van der Waals surface area contributed by atoms with E-state index in [-0.39, 0.29) is 12.5 Å². The van der Waals surface area contributed by atoms with E-state index in [0.717, 1.165) is 44.9 Å². The van der Waals surface area contributed by atoms with Gasteiger partial charge in [0.25, 0.3) is 0 Å². The predicted molar refractivity (Wildman–Crippen MR) is 88.5 cm³/mol. The maximum atomic E-state index is 10.4. The first-order chi connectivity index (χ1) is 10.2. The number of carboxylic acid groups (broad SMARTS) is 1. The van der Waals surface area contributed by atoms with Gasteiger partial charge in [-0.15, -0.1) is 0 Å². The number of ether oxygens (including phenoxy) is 1. The summed E-state index contributed by atoms with van der Waals surface area (Å²) < 4.78 is 5.41. The number of unbranched alkanes of at least 4 members (excludes halogenated alkanes) is 3. The number of methoxy groups -OCH3 is 1. The van der Waals surface area contributed by atoms with Crippen LogP contribution >= 0.6 is 0 Å². The number of rotatable bonds is 13. The number of hydrogen-bond acceptors (Lipinski definition) is 2. The Morgan fingerprint density at radius 1 is 1.10 bits per heavy atom. The van der Waals surface area contributed by atoms with Gasteiger partial charge in [0.1, 0.15) is 0 Å². The van der Waals surface area contributed by atoms with Crippen molar-refractivity contribution >= 4 is 5.97 Å². The molecule has 120 valence electrons. The third-order valence-electron chi connectivity index (χ3n) is 3.18. The quantitative estimate of drug-likeness (QED) is 0.299. The Morgan fingerprint density at radius 2 is 1.86 bits per heavy atom. The molecular formula is C18H30O3. The minimum absolute atomic E-state index is 0.153. The predicted octanol–water partition coefficient (Wildman–Crippen LogP) is 4.90. The Balaban J connectivity index is 3.69. The van der Waals surface area contributed by atoms with E-state index in [0.29, 0.717) is 0 Å². The molecule has 1 N–H and O–H groups in total. The first kappa shape index (κ1) is 19.7. The fourth-order valence-corrected chi connectivity index (χ4v) is 1.95. The van der Waals surface area contributed by atoms with Gasteiger partial charge in [-0.3, -0.25) is 4.79 Å². The highest BCUT2D eigenvalue weighted by Gasteiger charge is 2.02. The zero-order chi connectivity index (χ0) is 15.8. The first-order valence-electron chi connectivity index (χ1n) is 7.93. The van der Waals surface area contributed by atoms with Gasteiger partial charge in [0.05, 0.1) is 6.10 Å². The van der Waals surface area contributed by atoms with Crippen LogP contribution in [0.25, 0.3) is 0 Å². The van der Waals surface area contributed by atoms with Crippen molar-refractivity contribution in [3.63, 3.8) is 0 Å². The Morgan fingerprint density at radius 3 is 2.52 bits per heavy atom. The van der Waals surface area contributed by atoms with Crippen molar-refractivity contribution in [3.8, 4) is 0 Å². The van der Waals surface area contributed by atoms with Crippen LogP contribution in [0.5, 0.6) is 0 Å². The number of carboxylic acids is 1. The van der Waals surface area contributed by atoms with E-state index in [1.54, 1.807) is 7.11 Å². The molecular weight excluding hydrogens is 264 g/mol. The van der Waals surface area contributed by atoms with Gasteiger partial charge in [-0.1, -0.05) is 62.6 Å². The molecule has 0 amide bonds. The molecule has 0 saturated heterocycles. The summed E-state index contributed by atoms with van der Waals surface area (Å²) in [5, 5.41) is 8.55. The van der Waals surface area contributed by atoms with Crippen LogP contribution in [0, 0.1) is 0 Å². The third-order valence-corrected chi connectivity index (χ3v) is 3.18. The summed E-state index contributed by atoms with van der Waals surface area (Å²) in [6, 6.07) is 0. The average Bonchev–Trinajstić information content (AvgIpc) is 2.47. The molecule has 0 aromatic carbocycles. The molecule has 1 unspecified atom stereocenters. The summed E-state index contributed by atoms with van der Waals surface area (Å²) in [5.74, 6) is -0.701. The van der Waals surface area contributed by atoms with E-state index < -0.39 is 5.97 Å². The molecule has 0 bridgehead atoms. The lowest BCUT2D eigenvalue weighted by atomic mass is 10.1. The van der Waals surface area contributed by atoms with E-state index in [1.807, 2.05) is 6.08 Å². The number of allylic oxidation sites excluding steroid dienone is 5. The van der Waals surface area contributed by atoms with E-state index >= 15 is 0 Å². The molecule has 0 aliphatic heterocycles. The van der Waals surface area contributed by atoms with E-state index in [1.165, 1.54) is 0 Å². The molecule has 1 atom stereocenters. The fraction of sp³-hybridized carbons (Fsp3) is 0.611. The van der Waals surface area contributed by atoms with E-state index in [2.05, 4.69) is 37.3 Å². The second kappa shape index (κ2) is 15.0. The molecule has 0 spiro atoms. The summed E-state index contributed by atoms with van der Waals surface area (Å²) >= 11 is 0. The van der Waals surface area contributed by atoms with Gasteiger partial charge in [-0.05, 0) is 25.7 Å². The Hall–Kier alpha value is -1.35. The van der Waals surface area contributed by atoms with Crippen molar-refractivity contribution < 1.29 is 14.6 Å². The van der Waals surface area contributed by atoms with Crippen LogP contribution in [0.15, 0.2) is 36.5 Å². The largest absolute Gasteiger partial charge is 0.481 e. The fourth-order valence-electron chi connectivity index (χ4n) is 1.95. The van der Waals surface area contributed by atoms with Crippen LogP contribution in [0.3, 0.4) is 0 Å². The lowest BCUT2D eigenvalue weighted by Crippen LogP contribution is -2.06. The van der Waals surface area contributed by atoms with E-state index in [9.17, 15) is 4.79 Å². The Labute approximate surface area is 129 Å². The van der Waals surface area contributed by atoms with E-state index in [4.69, 9.17) is 9.84 Å². The highest BCUT2D eigenvalue weighted by molar-refractivity contribution is 5.66. The smallest absolute Gasteiger partial charge is 0.303 e. The number of aliphatic carboxylic acids is 1. The highest BCUT2D eigenvalue weighted by atomic mass is 16.5. The highest BCUT2D eigenvalue weighted by Crippen LogP contribution is 2.10. The molecule has 0 aromatic rings. The minimum Gasteiger partial charge on any atom is -0.481 e. The molecule has 0 aliphatic rings. The molecule has 0 rings (SSSR count). The molecule has 3 heteroatoms. The second-order valence-corrected chi connectivity index (χ2v) is 5.05. The van der Waals surface area contributed by atoms with Gasteiger partial charge in [-0.2, -0.15) is 0 Å². The molecule has 0 heterocycles. The molecule has 0 radical (unpaired) electrons. The first-order valence-corrected chi connectivity index (χ1v) is 7.93.